The van der Waals surface area contributed by atoms with E-state index in [1.54, 1.807) is 0 Å². The average Bonchev–Trinajstić information content (AvgIpc) is 3.18. The fourth-order valence-corrected chi connectivity index (χ4v) is 7.08. The monoisotopic (exact) mass is 623 g/mol. The Kier molecular flexibility index (Phi) is 7.22. The third kappa shape index (κ3) is 5.52. The van der Waals surface area contributed by atoms with Gasteiger partial charge in [0.05, 0.1) is 0 Å². The molecule has 1 nitrogen and oxygen atoms in total. The number of hydrogen-bond acceptors (Lipinski definition) is 1. The summed E-state index contributed by atoms with van der Waals surface area (Å²) in [7, 11) is 0. The predicted octanol–water partition coefficient (Wildman–Crippen LogP) is 13.6. The highest BCUT2D eigenvalue weighted by molar-refractivity contribution is 6.09. The molecular formula is C48H33N. The van der Waals surface area contributed by atoms with E-state index in [1.165, 1.54) is 65.7 Å². The van der Waals surface area contributed by atoms with Crippen molar-refractivity contribution < 1.29 is 0 Å². The molecule has 0 atom stereocenters. The maximum Gasteiger partial charge on any atom is 0.0468 e. The predicted molar refractivity (Wildman–Crippen MR) is 210 cm³/mol. The second-order valence-corrected chi connectivity index (χ2v) is 12.6. The number of nitrogens with zero attached hydrogens (tertiary/aromatic N) is 1. The molecule has 0 saturated heterocycles. The summed E-state index contributed by atoms with van der Waals surface area (Å²) < 4.78 is 0. The Morgan fingerprint density at radius 3 is 1.53 bits per heavy atom. The molecule has 0 unspecified atom stereocenters. The van der Waals surface area contributed by atoms with Crippen molar-refractivity contribution in [2.75, 3.05) is 4.90 Å². The van der Waals surface area contributed by atoms with E-state index in [2.05, 4.69) is 205 Å². The van der Waals surface area contributed by atoms with Crippen LogP contribution in [0.25, 0.3) is 65.7 Å². The van der Waals surface area contributed by atoms with E-state index in [1.807, 2.05) is 0 Å². The van der Waals surface area contributed by atoms with Crippen molar-refractivity contribution in [1.82, 2.24) is 0 Å². The lowest BCUT2D eigenvalue weighted by atomic mass is 9.98. The van der Waals surface area contributed by atoms with Gasteiger partial charge in [0, 0.05) is 17.1 Å². The van der Waals surface area contributed by atoms with Crippen LogP contribution in [0.2, 0.25) is 0 Å². The van der Waals surface area contributed by atoms with Crippen molar-refractivity contribution in [2.24, 2.45) is 0 Å². The van der Waals surface area contributed by atoms with E-state index in [4.69, 9.17) is 0 Å². The quantitative estimate of drug-likeness (QED) is 0.167. The Bertz CT molecular complexity index is 2600. The second kappa shape index (κ2) is 12.3. The van der Waals surface area contributed by atoms with E-state index in [9.17, 15) is 0 Å². The molecule has 0 fully saturated rings. The van der Waals surface area contributed by atoms with Gasteiger partial charge in [-0.3, -0.25) is 0 Å². The van der Waals surface area contributed by atoms with Gasteiger partial charge in [-0.25, -0.2) is 0 Å². The van der Waals surface area contributed by atoms with Gasteiger partial charge in [-0.05, 0) is 114 Å². The number of benzene rings is 9. The highest BCUT2D eigenvalue weighted by Crippen LogP contribution is 2.40. The minimum absolute atomic E-state index is 1.11. The van der Waals surface area contributed by atoms with Gasteiger partial charge in [0.25, 0.3) is 0 Å². The van der Waals surface area contributed by atoms with Crippen LogP contribution in [0.1, 0.15) is 0 Å². The van der Waals surface area contributed by atoms with E-state index >= 15 is 0 Å². The molecule has 9 rings (SSSR count). The Morgan fingerprint density at radius 2 is 0.714 bits per heavy atom. The third-order valence-corrected chi connectivity index (χ3v) is 9.60. The molecule has 0 amide bonds. The maximum atomic E-state index is 2.38. The van der Waals surface area contributed by atoms with Gasteiger partial charge < -0.3 is 4.90 Å². The molecule has 0 N–H and O–H groups in total. The van der Waals surface area contributed by atoms with Gasteiger partial charge in [0.2, 0.25) is 0 Å². The Hall–Kier alpha value is -6.44. The Labute approximate surface area is 287 Å². The summed E-state index contributed by atoms with van der Waals surface area (Å²) in [6.45, 7) is 0. The molecule has 1 heteroatoms. The lowest BCUT2D eigenvalue weighted by molar-refractivity contribution is 1.29. The zero-order valence-electron chi connectivity index (χ0n) is 27.0. The summed E-state index contributed by atoms with van der Waals surface area (Å²) in [5.41, 5.74) is 10.6. The summed E-state index contributed by atoms with van der Waals surface area (Å²) in [5, 5.41) is 7.51. The standard InChI is InChI=1S/C48H33N/c1-2-10-34(11-3-1)40-15-8-16-41(30-40)42-17-9-18-45(32-42)49(46-29-26-38-22-21-37-13-6-7-19-47(37)48(38)33-46)44-27-24-36(25-28-44)43-23-20-35-12-4-5-14-39(35)31-43/h1-33H. The fraction of sp³-hybridized carbons (Fsp3) is 0. The first-order valence-corrected chi connectivity index (χ1v) is 16.8. The van der Waals surface area contributed by atoms with Crippen LogP contribution in [0.4, 0.5) is 17.1 Å². The summed E-state index contributed by atoms with van der Waals surface area (Å²) in [6, 6.07) is 72.5. The lowest BCUT2D eigenvalue weighted by Crippen LogP contribution is -2.10. The van der Waals surface area contributed by atoms with Crippen LogP contribution in [0, 0.1) is 0 Å². The summed E-state index contributed by atoms with van der Waals surface area (Å²) in [4.78, 5) is 2.38. The first-order valence-electron chi connectivity index (χ1n) is 16.8. The average molecular weight is 624 g/mol. The molecule has 0 bridgehead atoms. The Balaban J connectivity index is 1.17. The number of hydrogen-bond donors (Lipinski definition) is 0. The minimum Gasteiger partial charge on any atom is -0.310 e. The summed E-state index contributed by atoms with van der Waals surface area (Å²) in [5.74, 6) is 0. The Morgan fingerprint density at radius 1 is 0.224 bits per heavy atom. The van der Waals surface area contributed by atoms with Crippen LogP contribution < -0.4 is 4.90 Å². The van der Waals surface area contributed by atoms with Gasteiger partial charge in [-0.1, -0.05) is 152 Å². The first kappa shape index (κ1) is 28.8. The van der Waals surface area contributed by atoms with Gasteiger partial charge >= 0.3 is 0 Å². The van der Waals surface area contributed by atoms with Crippen molar-refractivity contribution in [1.29, 1.82) is 0 Å². The molecule has 0 aliphatic rings. The molecule has 0 radical (unpaired) electrons. The van der Waals surface area contributed by atoms with Gasteiger partial charge in [0.15, 0.2) is 0 Å². The minimum atomic E-state index is 1.11. The van der Waals surface area contributed by atoms with E-state index in [0.29, 0.717) is 0 Å². The van der Waals surface area contributed by atoms with Crippen molar-refractivity contribution in [3.05, 3.63) is 200 Å². The SMILES string of the molecule is c1ccc(-c2cccc(-c3cccc(N(c4ccc(-c5ccc6ccccc6c5)cc4)c4ccc5ccc6ccccc6c5c4)c3)c2)cc1. The molecule has 0 spiro atoms. The topological polar surface area (TPSA) is 3.24 Å². The number of fused-ring (bicyclic) bond motifs is 4. The normalized spacial score (nSPS) is 11.3. The molecule has 9 aromatic carbocycles. The fourth-order valence-electron chi connectivity index (χ4n) is 7.08. The molecule has 0 aliphatic heterocycles. The summed E-state index contributed by atoms with van der Waals surface area (Å²) in [6.07, 6.45) is 0. The largest absolute Gasteiger partial charge is 0.310 e. The molecule has 0 aromatic heterocycles. The molecule has 230 valence electrons. The zero-order chi connectivity index (χ0) is 32.6. The van der Waals surface area contributed by atoms with Crippen molar-refractivity contribution in [2.45, 2.75) is 0 Å². The maximum absolute atomic E-state index is 2.38. The smallest absolute Gasteiger partial charge is 0.0468 e. The van der Waals surface area contributed by atoms with Gasteiger partial charge in [0.1, 0.15) is 0 Å². The van der Waals surface area contributed by atoms with Crippen molar-refractivity contribution in [3.63, 3.8) is 0 Å². The molecule has 0 heterocycles. The molecule has 0 aliphatic carbocycles. The van der Waals surface area contributed by atoms with Crippen LogP contribution in [-0.4, -0.2) is 0 Å². The second-order valence-electron chi connectivity index (χ2n) is 12.6. The van der Waals surface area contributed by atoms with Gasteiger partial charge in [-0.2, -0.15) is 0 Å². The molecule has 49 heavy (non-hydrogen) atoms. The van der Waals surface area contributed by atoms with Crippen LogP contribution in [0.5, 0.6) is 0 Å². The zero-order valence-corrected chi connectivity index (χ0v) is 27.0. The highest BCUT2D eigenvalue weighted by Gasteiger charge is 2.16. The van der Waals surface area contributed by atoms with E-state index < -0.39 is 0 Å². The number of rotatable bonds is 6. The van der Waals surface area contributed by atoms with Crippen LogP contribution in [0.3, 0.4) is 0 Å². The van der Waals surface area contributed by atoms with Crippen molar-refractivity contribution in [3.8, 4) is 33.4 Å². The van der Waals surface area contributed by atoms with Crippen LogP contribution in [0.15, 0.2) is 200 Å². The third-order valence-electron chi connectivity index (χ3n) is 9.60. The number of anilines is 3. The molecular weight excluding hydrogens is 591 g/mol. The van der Waals surface area contributed by atoms with Crippen LogP contribution in [-0.2, 0) is 0 Å². The van der Waals surface area contributed by atoms with E-state index in [0.717, 1.165) is 17.1 Å². The highest BCUT2D eigenvalue weighted by atomic mass is 15.1. The van der Waals surface area contributed by atoms with Crippen LogP contribution >= 0.6 is 0 Å². The first-order chi connectivity index (χ1) is 24.3. The van der Waals surface area contributed by atoms with Gasteiger partial charge in [-0.15, -0.1) is 0 Å². The van der Waals surface area contributed by atoms with Crippen molar-refractivity contribution >= 4 is 49.4 Å². The van der Waals surface area contributed by atoms with E-state index in [-0.39, 0.29) is 0 Å². The molecule has 0 saturated carbocycles. The lowest BCUT2D eigenvalue weighted by Gasteiger charge is -2.27. The summed E-state index contributed by atoms with van der Waals surface area (Å²) >= 11 is 0. The molecule has 9 aromatic rings.